The Morgan fingerprint density at radius 1 is 1.12 bits per heavy atom. The number of hydrogen-bond donors (Lipinski definition) is 2. The second-order valence-corrected chi connectivity index (χ2v) is 13.5. The van der Waals surface area contributed by atoms with Crippen LogP contribution in [-0.4, -0.2) is 64.5 Å². The molecule has 5 heterocycles. The standard InChI is InChI=1S/C29H36N8O3S/c1-18(2)21-7-8-24(36-15-20(28(36)30)17-41(3,38)39)23-14-32-26(12-22(21)23)34-25-9-10-31-29(35-25)19-13-33-37(16-19)27-6-4-5-11-40-27/h7-10,12-14,16,18,20,27-28H,4-6,11,15,17,30H2,1-3H3,(H,31,32,34,35)/t20-,27?,28+/m1/s1. The summed E-state index contributed by atoms with van der Waals surface area (Å²) in [6.07, 6.45) is 11.3. The van der Waals surface area contributed by atoms with E-state index in [1.807, 2.05) is 29.2 Å². The molecule has 0 bridgehead atoms. The quantitative estimate of drug-likeness (QED) is 0.313. The molecule has 2 aliphatic heterocycles. The van der Waals surface area contributed by atoms with Crippen LogP contribution >= 0.6 is 0 Å². The second kappa shape index (κ2) is 11.0. The van der Waals surface area contributed by atoms with Gasteiger partial charge in [-0.25, -0.2) is 28.1 Å². The Kier molecular flexibility index (Phi) is 7.39. The third-order valence-electron chi connectivity index (χ3n) is 7.86. The molecule has 4 aromatic rings. The molecule has 1 unspecified atom stereocenters. The van der Waals surface area contributed by atoms with E-state index in [1.165, 1.54) is 11.8 Å². The molecule has 3 N–H and O–H groups in total. The first-order valence-electron chi connectivity index (χ1n) is 14.0. The number of fused-ring (bicyclic) bond motifs is 1. The molecule has 2 saturated heterocycles. The third kappa shape index (κ3) is 5.77. The fourth-order valence-corrected chi connectivity index (χ4v) is 6.79. The molecule has 1 aromatic carbocycles. The Morgan fingerprint density at radius 2 is 1.98 bits per heavy atom. The molecule has 12 heteroatoms. The van der Waals surface area contributed by atoms with Gasteiger partial charge in [0.2, 0.25) is 0 Å². The van der Waals surface area contributed by atoms with Gasteiger partial charge in [0.15, 0.2) is 5.82 Å². The molecule has 0 amide bonds. The van der Waals surface area contributed by atoms with Crippen LogP contribution in [0.3, 0.4) is 0 Å². The zero-order chi connectivity index (χ0) is 28.7. The number of rotatable bonds is 8. The maximum Gasteiger partial charge on any atom is 0.164 e. The number of sulfone groups is 1. The van der Waals surface area contributed by atoms with E-state index < -0.39 is 9.84 Å². The minimum absolute atomic E-state index is 0.0444. The van der Waals surface area contributed by atoms with Gasteiger partial charge in [-0.3, -0.25) is 0 Å². The smallest absolute Gasteiger partial charge is 0.164 e. The van der Waals surface area contributed by atoms with Gasteiger partial charge in [0.25, 0.3) is 0 Å². The molecule has 0 saturated carbocycles. The Hall–Kier alpha value is -3.61. The molecule has 0 spiro atoms. The number of pyridine rings is 1. The first-order valence-corrected chi connectivity index (χ1v) is 16.1. The number of benzene rings is 1. The maximum atomic E-state index is 11.8. The van der Waals surface area contributed by atoms with Crippen LogP contribution in [0.25, 0.3) is 22.2 Å². The summed E-state index contributed by atoms with van der Waals surface area (Å²) in [6, 6.07) is 8.04. The first-order chi connectivity index (χ1) is 19.7. The molecule has 2 fully saturated rings. The number of nitrogens with one attached hydrogen (secondary N) is 1. The number of aromatic nitrogens is 5. The van der Waals surface area contributed by atoms with Gasteiger partial charge in [-0.1, -0.05) is 19.9 Å². The lowest BCUT2D eigenvalue weighted by molar-refractivity contribution is -0.0394. The third-order valence-corrected chi connectivity index (χ3v) is 8.89. The van der Waals surface area contributed by atoms with E-state index in [-0.39, 0.29) is 24.1 Å². The van der Waals surface area contributed by atoms with Crippen molar-refractivity contribution in [1.29, 1.82) is 0 Å². The van der Waals surface area contributed by atoms with Crippen LogP contribution in [-0.2, 0) is 14.6 Å². The Bertz CT molecular complexity index is 1670. The van der Waals surface area contributed by atoms with Gasteiger partial charge in [0, 0.05) is 55.0 Å². The zero-order valence-electron chi connectivity index (χ0n) is 23.6. The van der Waals surface area contributed by atoms with E-state index in [9.17, 15) is 8.42 Å². The SMILES string of the molecule is CC(C)c1ccc(N2C[C@H](CS(C)(=O)=O)[C@H]2N)c2cnc(Nc3ccnc(-c4cnn(C5CCCCO5)c4)n3)cc12. The fraction of sp³-hybridized carbons (Fsp3) is 0.448. The molecule has 11 nitrogen and oxygen atoms in total. The van der Waals surface area contributed by atoms with E-state index in [2.05, 4.69) is 46.3 Å². The van der Waals surface area contributed by atoms with Gasteiger partial charge in [-0.05, 0) is 54.3 Å². The summed E-state index contributed by atoms with van der Waals surface area (Å²) in [5, 5.41) is 9.88. The van der Waals surface area contributed by atoms with Gasteiger partial charge < -0.3 is 20.7 Å². The zero-order valence-corrected chi connectivity index (χ0v) is 24.4. The van der Waals surface area contributed by atoms with Crippen molar-refractivity contribution in [2.75, 3.05) is 35.4 Å². The highest BCUT2D eigenvalue weighted by Crippen LogP contribution is 2.38. The van der Waals surface area contributed by atoms with Crippen molar-refractivity contribution in [2.45, 2.75) is 51.4 Å². The average molecular weight is 577 g/mol. The van der Waals surface area contributed by atoms with Crippen LogP contribution in [0.5, 0.6) is 0 Å². The summed E-state index contributed by atoms with van der Waals surface area (Å²) in [5.74, 6) is 2.15. The Balaban J connectivity index is 1.25. The number of ether oxygens (including phenoxy) is 1. The maximum absolute atomic E-state index is 11.8. The molecular formula is C29H36N8O3S. The van der Waals surface area contributed by atoms with Crippen LogP contribution < -0.4 is 16.0 Å². The van der Waals surface area contributed by atoms with Gasteiger partial charge in [-0.2, -0.15) is 5.10 Å². The van der Waals surface area contributed by atoms with Gasteiger partial charge >= 0.3 is 0 Å². The molecule has 3 aromatic heterocycles. The largest absolute Gasteiger partial charge is 0.357 e. The lowest BCUT2D eigenvalue weighted by Crippen LogP contribution is -2.63. The predicted molar refractivity (Wildman–Crippen MR) is 160 cm³/mol. The van der Waals surface area contributed by atoms with Gasteiger partial charge in [0.1, 0.15) is 27.7 Å². The van der Waals surface area contributed by atoms with Crippen molar-refractivity contribution in [1.82, 2.24) is 24.7 Å². The molecule has 0 radical (unpaired) electrons. The van der Waals surface area contributed by atoms with Crippen LogP contribution in [0.1, 0.15) is 50.8 Å². The second-order valence-electron chi connectivity index (χ2n) is 11.4. The molecule has 216 valence electrons. The van der Waals surface area contributed by atoms with E-state index in [1.54, 1.807) is 12.4 Å². The first kappa shape index (κ1) is 27.6. The highest BCUT2D eigenvalue weighted by atomic mass is 32.2. The monoisotopic (exact) mass is 576 g/mol. The highest BCUT2D eigenvalue weighted by molar-refractivity contribution is 7.90. The molecule has 41 heavy (non-hydrogen) atoms. The minimum atomic E-state index is -3.09. The van der Waals surface area contributed by atoms with E-state index in [0.29, 0.717) is 29.9 Å². The van der Waals surface area contributed by atoms with Crippen LogP contribution in [0.2, 0.25) is 0 Å². The van der Waals surface area contributed by atoms with Crippen LogP contribution in [0.15, 0.2) is 49.1 Å². The fourth-order valence-electron chi connectivity index (χ4n) is 5.71. The van der Waals surface area contributed by atoms with Crippen molar-refractivity contribution < 1.29 is 13.2 Å². The average Bonchev–Trinajstić information content (AvgIpc) is 3.45. The number of nitrogens with zero attached hydrogens (tertiary/aromatic N) is 6. The van der Waals surface area contributed by atoms with Crippen LogP contribution in [0, 0.1) is 5.92 Å². The van der Waals surface area contributed by atoms with Gasteiger partial charge in [0.05, 0.1) is 23.7 Å². The molecule has 0 aliphatic carbocycles. The predicted octanol–water partition coefficient (Wildman–Crippen LogP) is 4.22. The van der Waals surface area contributed by atoms with Crippen molar-refractivity contribution in [2.24, 2.45) is 11.7 Å². The summed E-state index contributed by atoms with van der Waals surface area (Å²) < 4.78 is 31.3. The number of nitrogens with two attached hydrogens (primary N) is 1. The van der Waals surface area contributed by atoms with Crippen molar-refractivity contribution in [3.8, 4) is 11.4 Å². The lowest BCUT2D eigenvalue weighted by atomic mass is 9.92. The number of anilines is 3. The summed E-state index contributed by atoms with van der Waals surface area (Å²) in [7, 11) is -3.09. The summed E-state index contributed by atoms with van der Waals surface area (Å²) in [6.45, 7) is 5.67. The molecule has 6 rings (SSSR count). The normalized spacial score (nSPS) is 21.3. The summed E-state index contributed by atoms with van der Waals surface area (Å²) in [5.41, 5.74) is 9.41. The Labute approximate surface area is 240 Å². The Morgan fingerprint density at radius 3 is 2.71 bits per heavy atom. The summed E-state index contributed by atoms with van der Waals surface area (Å²) >= 11 is 0. The minimum Gasteiger partial charge on any atom is -0.357 e. The van der Waals surface area contributed by atoms with Crippen molar-refractivity contribution in [3.05, 3.63) is 54.6 Å². The van der Waals surface area contributed by atoms with Crippen LogP contribution in [0.4, 0.5) is 17.3 Å². The van der Waals surface area contributed by atoms with E-state index >= 15 is 0 Å². The lowest BCUT2D eigenvalue weighted by Gasteiger charge is -2.47. The van der Waals surface area contributed by atoms with Crippen molar-refractivity contribution in [3.63, 3.8) is 0 Å². The summed E-state index contributed by atoms with van der Waals surface area (Å²) in [4.78, 5) is 15.9. The van der Waals surface area contributed by atoms with E-state index in [4.69, 9.17) is 20.4 Å². The highest BCUT2D eigenvalue weighted by Gasteiger charge is 2.39. The van der Waals surface area contributed by atoms with Crippen molar-refractivity contribution >= 4 is 37.9 Å². The molecule has 2 aliphatic rings. The molecular weight excluding hydrogens is 540 g/mol. The number of hydrogen-bond acceptors (Lipinski definition) is 10. The topological polar surface area (TPSA) is 141 Å². The van der Waals surface area contributed by atoms with Gasteiger partial charge in [-0.15, -0.1) is 0 Å². The molecule has 3 atom stereocenters. The van der Waals surface area contributed by atoms with E-state index in [0.717, 1.165) is 47.9 Å².